The maximum atomic E-state index is 7.00. The first-order valence-electron chi connectivity index (χ1n) is 4.97. The molecular formula is C12H22O2. The van der Waals surface area contributed by atoms with Gasteiger partial charge >= 0.3 is 0 Å². The Kier molecular flexibility index (Phi) is 13.2. The van der Waals surface area contributed by atoms with E-state index >= 15 is 0 Å². The Labute approximate surface area is 87.5 Å². The van der Waals surface area contributed by atoms with Crippen molar-refractivity contribution in [3.8, 4) is 5.75 Å². The zero-order chi connectivity index (χ0) is 11.4. The molecule has 2 heteroatoms. The molecule has 1 rings (SSSR count). The number of ether oxygens (including phenoxy) is 1. The summed E-state index contributed by atoms with van der Waals surface area (Å²) in [5.74, 6) is 0.961. The number of aliphatic hydroxyl groups excluding tert-OH is 1. The van der Waals surface area contributed by atoms with Crippen LogP contribution in [0.25, 0.3) is 0 Å². The van der Waals surface area contributed by atoms with Crippen molar-refractivity contribution in [2.45, 2.75) is 27.7 Å². The van der Waals surface area contributed by atoms with Gasteiger partial charge in [0.2, 0.25) is 0 Å². The first-order chi connectivity index (χ1) is 6.83. The Morgan fingerprint density at radius 1 is 1.21 bits per heavy atom. The molecule has 0 bridgehead atoms. The van der Waals surface area contributed by atoms with Crippen LogP contribution in [-0.4, -0.2) is 18.8 Å². The number of hydrogen-bond acceptors (Lipinski definition) is 2. The van der Waals surface area contributed by atoms with Gasteiger partial charge in [-0.1, -0.05) is 26.0 Å². The van der Waals surface area contributed by atoms with Gasteiger partial charge in [0, 0.05) is 7.11 Å². The Morgan fingerprint density at radius 3 is 2.21 bits per heavy atom. The molecule has 0 spiro atoms. The summed E-state index contributed by atoms with van der Waals surface area (Å²) in [6.45, 7) is 8.79. The molecule has 14 heavy (non-hydrogen) atoms. The molecule has 1 aromatic rings. The minimum atomic E-state index is 0.740. The van der Waals surface area contributed by atoms with Gasteiger partial charge in [-0.25, -0.2) is 0 Å². The molecule has 0 heterocycles. The summed E-state index contributed by atoms with van der Waals surface area (Å²) in [5.41, 5.74) is 1.24. The van der Waals surface area contributed by atoms with E-state index in [-0.39, 0.29) is 0 Å². The molecule has 1 N–H and O–H groups in total. The lowest BCUT2D eigenvalue weighted by molar-refractivity contribution is 0.340. The number of aryl methyl sites for hydroxylation is 1. The fraction of sp³-hybridized carbons (Fsp3) is 0.500. The fourth-order valence-electron chi connectivity index (χ4n) is 0.872. The van der Waals surface area contributed by atoms with E-state index in [2.05, 4.69) is 13.0 Å². The van der Waals surface area contributed by atoms with Crippen LogP contribution in [-0.2, 0) is 0 Å². The number of aliphatic hydroxyl groups is 1. The van der Waals surface area contributed by atoms with Crippen LogP contribution in [0.2, 0.25) is 0 Å². The van der Waals surface area contributed by atoms with Crippen LogP contribution in [0, 0.1) is 6.92 Å². The third-order valence-electron chi connectivity index (χ3n) is 1.30. The zero-order valence-corrected chi connectivity index (χ0v) is 9.87. The van der Waals surface area contributed by atoms with Crippen molar-refractivity contribution >= 4 is 0 Å². The third-order valence-corrected chi connectivity index (χ3v) is 1.30. The second-order valence-electron chi connectivity index (χ2n) is 2.25. The molecule has 0 saturated carbocycles. The van der Waals surface area contributed by atoms with Crippen molar-refractivity contribution in [2.24, 2.45) is 0 Å². The molecule has 0 aromatic heterocycles. The van der Waals surface area contributed by atoms with Gasteiger partial charge in [0.05, 0.1) is 6.61 Å². The van der Waals surface area contributed by atoms with E-state index in [1.807, 2.05) is 39.0 Å². The predicted molar refractivity (Wildman–Crippen MR) is 61.8 cm³/mol. The average molecular weight is 198 g/mol. The first-order valence-corrected chi connectivity index (χ1v) is 4.97. The SMILES string of the molecule is CC.CCOc1cccc(C)c1.CO. The molecule has 0 saturated heterocycles. The van der Waals surface area contributed by atoms with Gasteiger partial charge in [-0.2, -0.15) is 0 Å². The van der Waals surface area contributed by atoms with Crippen molar-refractivity contribution < 1.29 is 9.84 Å². The fourth-order valence-corrected chi connectivity index (χ4v) is 0.872. The molecule has 0 fully saturated rings. The van der Waals surface area contributed by atoms with Crippen molar-refractivity contribution in [3.05, 3.63) is 29.8 Å². The third kappa shape index (κ3) is 7.62. The van der Waals surface area contributed by atoms with E-state index in [0.717, 1.165) is 19.5 Å². The van der Waals surface area contributed by atoms with E-state index in [4.69, 9.17) is 9.84 Å². The van der Waals surface area contributed by atoms with Crippen LogP contribution in [0.3, 0.4) is 0 Å². The van der Waals surface area contributed by atoms with E-state index in [1.165, 1.54) is 5.56 Å². The van der Waals surface area contributed by atoms with Gasteiger partial charge in [0.15, 0.2) is 0 Å². The smallest absolute Gasteiger partial charge is 0.119 e. The molecule has 0 radical (unpaired) electrons. The summed E-state index contributed by atoms with van der Waals surface area (Å²) in [6.07, 6.45) is 0. The number of benzene rings is 1. The quantitative estimate of drug-likeness (QED) is 0.791. The minimum absolute atomic E-state index is 0.740. The predicted octanol–water partition coefficient (Wildman–Crippen LogP) is 3.03. The van der Waals surface area contributed by atoms with E-state index in [0.29, 0.717) is 0 Å². The van der Waals surface area contributed by atoms with Crippen molar-refractivity contribution in [2.75, 3.05) is 13.7 Å². The Balaban J connectivity index is 0. The van der Waals surface area contributed by atoms with E-state index < -0.39 is 0 Å². The second kappa shape index (κ2) is 12.0. The van der Waals surface area contributed by atoms with Gasteiger partial charge < -0.3 is 9.84 Å². The molecule has 0 aliphatic rings. The second-order valence-corrected chi connectivity index (χ2v) is 2.25. The summed E-state index contributed by atoms with van der Waals surface area (Å²) >= 11 is 0. The summed E-state index contributed by atoms with van der Waals surface area (Å²) in [5, 5.41) is 7.00. The number of rotatable bonds is 2. The molecule has 82 valence electrons. The Morgan fingerprint density at radius 2 is 1.79 bits per heavy atom. The van der Waals surface area contributed by atoms with Crippen molar-refractivity contribution in [3.63, 3.8) is 0 Å². The van der Waals surface area contributed by atoms with E-state index in [1.54, 1.807) is 0 Å². The summed E-state index contributed by atoms with van der Waals surface area (Å²) in [4.78, 5) is 0. The molecule has 0 unspecified atom stereocenters. The van der Waals surface area contributed by atoms with Gasteiger partial charge in [-0.05, 0) is 31.5 Å². The van der Waals surface area contributed by atoms with Gasteiger partial charge in [0.1, 0.15) is 5.75 Å². The van der Waals surface area contributed by atoms with Gasteiger partial charge in [0.25, 0.3) is 0 Å². The summed E-state index contributed by atoms with van der Waals surface area (Å²) < 4.78 is 5.29. The maximum absolute atomic E-state index is 7.00. The number of hydrogen-bond donors (Lipinski definition) is 1. The molecule has 0 amide bonds. The highest BCUT2D eigenvalue weighted by atomic mass is 16.5. The molecule has 1 aromatic carbocycles. The average Bonchev–Trinajstić information content (AvgIpc) is 2.24. The lowest BCUT2D eigenvalue weighted by Crippen LogP contribution is -1.90. The minimum Gasteiger partial charge on any atom is -0.494 e. The Hall–Kier alpha value is -1.02. The van der Waals surface area contributed by atoms with Crippen LogP contribution >= 0.6 is 0 Å². The first kappa shape index (κ1) is 15.5. The largest absolute Gasteiger partial charge is 0.494 e. The molecular weight excluding hydrogens is 176 g/mol. The van der Waals surface area contributed by atoms with Crippen LogP contribution in [0.4, 0.5) is 0 Å². The van der Waals surface area contributed by atoms with Crippen LogP contribution in [0.1, 0.15) is 26.3 Å². The summed E-state index contributed by atoms with van der Waals surface area (Å²) in [6, 6.07) is 8.06. The zero-order valence-electron chi connectivity index (χ0n) is 9.87. The normalized spacial score (nSPS) is 7.57. The Bertz CT molecular complexity index is 209. The van der Waals surface area contributed by atoms with Gasteiger partial charge in [-0.15, -0.1) is 0 Å². The maximum Gasteiger partial charge on any atom is 0.119 e. The molecule has 0 aliphatic carbocycles. The lowest BCUT2D eigenvalue weighted by Gasteiger charge is -2.01. The van der Waals surface area contributed by atoms with Gasteiger partial charge in [-0.3, -0.25) is 0 Å². The van der Waals surface area contributed by atoms with Crippen LogP contribution in [0.15, 0.2) is 24.3 Å². The topological polar surface area (TPSA) is 29.5 Å². The van der Waals surface area contributed by atoms with Crippen LogP contribution < -0.4 is 4.74 Å². The van der Waals surface area contributed by atoms with Crippen molar-refractivity contribution in [1.29, 1.82) is 0 Å². The highest BCUT2D eigenvalue weighted by Gasteiger charge is 1.88. The highest BCUT2D eigenvalue weighted by Crippen LogP contribution is 2.11. The lowest BCUT2D eigenvalue weighted by atomic mass is 10.2. The van der Waals surface area contributed by atoms with Crippen molar-refractivity contribution in [1.82, 2.24) is 0 Å². The standard InChI is InChI=1S/C9H12O.C2H6.CH4O/c1-3-10-9-6-4-5-8(2)7-9;2*1-2/h4-7H,3H2,1-2H3;1-2H3;2H,1H3. The molecule has 0 atom stereocenters. The highest BCUT2D eigenvalue weighted by molar-refractivity contribution is 5.27. The monoisotopic (exact) mass is 198 g/mol. The molecule has 2 nitrogen and oxygen atoms in total. The molecule has 0 aliphatic heterocycles. The summed E-state index contributed by atoms with van der Waals surface area (Å²) in [7, 11) is 1.00. The van der Waals surface area contributed by atoms with Crippen LogP contribution in [0.5, 0.6) is 5.75 Å². The van der Waals surface area contributed by atoms with E-state index in [9.17, 15) is 0 Å².